The minimum absolute atomic E-state index is 0.106. The molecule has 0 spiro atoms. The van der Waals surface area contributed by atoms with Gasteiger partial charge in [-0.1, -0.05) is 19.8 Å². The zero-order valence-electron chi connectivity index (χ0n) is 11.9. The molecular weight excluding hydrogens is 241 g/mol. The molecule has 1 aliphatic rings. The number of anilines is 1. The Bertz CT molecular complexity index is 415. The van der Waals surface area contributed by atoms with Gasteiger partial charge in [-0.2, -0.15) is 0 Å². The summed E-state index contributed by atoms with van der Waals surface area (Å²) < 4.78 is 13.5. The van der Waals surface area contributed by atoms with Gasteiger partial charge in [0.2, 0.25) is 0 Å². The Hall–Kier alpha value is -1.09. The third-order valence-corrected chi connectivity index (χ3v) is 4.22. The lowest BCUT2D eigenvalue weighted by atomic mass is 9.90. The molecule has 3 heteroatoms. The predicted molar refractivity (Wildman–Crippen MR) is 76.8 cm³/mol. The molecule has 1 saturated carbocycles. The molecule has 1 aromatic rings. The van der Waals surface area contributed by atoms with Gasteiger partial charge in [0.15, 0.2) is 0 Å². The molecule has 0 heterocycles. The highest BCUT2D eigenvalue weighted by molar-refractivity contribution is 5.48. The van der Waals surface area contributed by atoms with E-state index in [1.165, 1.54) is 18.6 Å². The van der Waals surface area contributed by atoms with Gasteiger partial charge in [-0.3, -0.25) is 0 Å². The summed E-state index contributed by atoms with van der Waals surface area (Å²) in [4.78, 5) is 0. The number of hydrogen-bond acceptors (Lipinski definition) is 2. The molecule has 1 aliphatic carbocycles. The van der Waals surface area contributed by atoms with E-state index in [1.54, 1.807) is 0 Å². The molecule has 2 N–H and O–H groups in total. The number of aliphatic hydroxyl groups excluding tert-OH is 1. The quantitative estimate of drug-likeness (QED) is 0.813. The van der Waals surface area contributed by atoms with Crippen LogP contribution in [-0.2, 0) is 0 Å². The van der Waals surface area contributed by atoms with Crippen LogP contribution < -0.4 is 5.32 Å². The van der Waals surface area contributed by atoms with E-state index < -0.39 is 0 Å². The summed E-state index contributed by atoms with van der Waals surface area (Å²) in [7, 11) is 0. The Balaban J connectivity index is 2.17. The molecule has 0 amide bonds. The molecule has 2 unspecified atom stereocenters. The van der Waals surface area contributed by atoms with Crippen molar-refractivity contribution in [2.24, 2.45) is 5.92 Å². The third kappa shape index (κ3) is 3.69. The molecule has 2 atom stereocenters. The first-order valence-corrected chi connectivity index (χ1v) is 7.19. The van der Waals surface area contributed by atoms with Crippen molar-refractivity contribution >= 4 is 5.69 Å². The first-order chi connectivity index (χ1) is 9.03. The molecular formula is C16H24FNO. The first-order valence-electron chi connectivity index (χ1n) is 7.19. The van der Waals surface area contributed by atoms with E-state index in [1.807, 2.05) is 13.0 Å². The fourth-order valence-electron chi connectivity index (χ4n) is 3.02. The largest absolute Gasteiger partial charge is 0.394 e. The summed E-state index contributed by atoms with van der Waals surface area (Å²) in [5, 5.41) is 13.2. The molecule has 2 rings (SSSR count). The zero-order chi connectivity index (χ0) is 13.9. The standard InChI is InChI=1S/C16H24FNO/c1-12-4-3-6-16(11-19,7-5-12)18-15-9-13(2)8-14(17)10-15/h8-10,12,18-19H,3-7,11H2,1-2H3. The first kappa shape index (κ1) is 14.3. The lowest BCUT2D eigenvalue weighted by molar-refractivity contribution is 0.194. The summed E-state index contributed by atoms with van der Waals surface area (Å²) in [6, 6.07) is 4.97. The maximum absolute atomic E-state index is 13.5. The van der Waals surface area contributed by atoms with Crippen LogP contribution in [-0.4, -0.2) is 17.3 Å². The molecule has 0 bridgehead atoms. The van der Waals surface area contributed by atoms with Crippen LogP contribution in [0.25, 0.3) is 0 Å². The van der Waals surface area contributed by atoms with Gasteiger partial charge in [-0.05, 0) is 55.9 Å². The topological polar surface area (TPSA) is 32.3 Å². The van der Waals surface area contributed by atoms with Gasteiger partial charge in [-0.15, -0.1) is 0 Å². The van der Waals surface area contributed by atoms with E-state index in [2.05, 4.69) is 12.2 Å². The Morgan fingerprint density at radius 1 is 1.32 bits per heavy atom. The number of aryl methyl sites for hydroxylation is 1. The van der Waals surface area contributed by atoms with Crippen LogP contribution in [0.15, 0.2) is 18.2 Å². The lowest BCUT2D eigenvalue weighted by Crippen LogP contribution is -2.41. The lowest BCUT2D eigenvalue weighted by Gasteiger charge is -2.33. The van der Waals surface area contributed by atoms with E-state index in [0.717, 1.165) is 36.9 Å². The average molecular weight is 265 g/mol. The second-order valence-electron chi connectivity index (χ2n) is 6.12. The van der Waals surface area contributed by atoms with Crippen LogP contribution in [0.5, 0.6) is 0 Å². The highest BCUT2D eigenvalue weighted by Gasteiger charge is 2.31. The Kier molecular flexibility index (Phi) is 4.46. The molecule has 106 valence electrons. The molecule has 0 radical (unpaired) electrons. The summed E-state index contributed by atoms with van der Waals surface area (Å²) >= 11 is 0. The molecule has 2 nitrogen and oxygen atoms in total. The van der Waals surface area contributed by atoms with Crippen LogP contribution in [0.3, 0.4) is 0 Å². The van der Waals surface area contributed by atoms with Crippen LogP contribution in [0, 0.1) is 18.7 Å². The van der Waals surface area contributed by atoms with Gasteiger partial charge in [0, 0.05) is 5.69 Å². The van der Waals surface area contributed by atoms with Crippen molar-refractivity contribution in [3.05, 3.63) is 29.6 Å². The summed E-state index contributed by atoms with van der Waals surface area (Å²) in [5.41, 5.74) is 1.39. The van der Waals surface area contributed by atoms with Gasteiger partial charge in [0.05, 0.1) is 12.1 Å². The van der Waals surface area contributed by atoms with Gasteiger partial charge in [0.25, 0.3) is 0 Å². The predicted octanol–water partition coefficient (Wildman–Crippen LogP) is 3.88. The third-order valence-electron chi connectivity index (χ3n) is 4.22. The smallest absolute Gasteiger partial charge is 0.125 e. The van der Waals surface area contributed by atoms with E-state index >= 15 is 0 Å². The molecule has 0 aliphatic heterocycles. The molecule has 0 aromatic heterocycles. The van der Waals surface area contributed by atoms with Crippen molar-refractivity contribution in [1.29, 1.82) is 0 Å². The van der Waals surface area contributed by atoms with Gasteiger partial charge < -0.3 is 10.4 Å². The number of aliphatic hydroxyl groups is 1. The van der Waals surface area contributed by atoms with E-state index in [9.17, 15) is 9.50 Å². The van der Waals surface area contributed by atoms with Crippen molar-refractivity contribution in [2.75, 3.05) is 11.9 Å². The summed E-state index contributed by atoms with van der Waals surface area (Å²) in [6.45, 7) is 4.25. The summed E-state index contributed by atoms with van der Waals surface area (Å²) in [6.07, 6.45) is 5.33. The van der Waals surface area contributed by atoms with Gasteiger partial charge in [-0.25, -0.2) is 4.39 Å². The van der Waals surface area contributed by atoms with Gasteiger partial charge in [0.1, 0.15) is 5.82 Å². The van der Waals surface area contributed by atoms with Crippen molar-refractivity contribution in [2.45, 2.75) is 51.5 Å². The average Bonchev–Trinajstić information content (AvgIpc) is 2.51. The number of halogens is 1. The van der Waals surface area contributed by atoms with E-state index in [0.29, 0.717) is 5.92 Å². The van der Waals surface area contributed by atoms with Crippen molar-refractivity contribution in [3.8, 4) is 0 Å². The van der Waals surface area contributed by atoms with Crippen LogP contribution in [0.2, 0.25) is 0 Å². The zero-order valence-corrected chi connectivity index (χ0v) is 11.9. The van der Waals surface area contributed by atoms with Crippen LogP contribution in [0.1, 0.15) is 44.6 Å². The Labute approximate surface area is 115 Å². The van der Waals surface area contributed by atoms with Gasteiger partial charge >= 0.3 is 0 Å². The van der Waals surface area contributed by atoms with E-state index in [-0.39, 0.29) is 18.0 Å². The molecule has 0 saturated heterocycles. The van der Waals surface area contributed by atoms with E-state index in [4.69, 9.17) is 0 Å². The highest BCUT2D eigenvalue weighted by Crippen LogP contribution is 2.33. The number of rotatable bonds is 3. The maximum Gasteiger partial charge on any atom is 0.125 e. The fourth-order valence-corrected chi connectivity index (χ4v) is 3.02. The monoisotopic (exact) mass is 265 g/mol. The number of hydrogen-bond donors (Lipinski definition) is 2. The van der Waals surface area contributed by atoms with Crippen molar-refractivity contribution in [3.63, 3.8) is 0 Å². The molecule has 19 heavy (non-hydrogen) atoms. The minimum Gasteiger partial charge on any atom is -0.394 e. The normalized spacial score (nSPS) is 27.9. The molecule has 1 aromatic carbocycles. The SMILES string of the molecule is Cc1cc(F)cc(NC2(CO)CCCC(C)CC2)c1. The number of nitrogens with one attached hydrogen (secondary N) is 1. The minimum atomic E-state index is -0.287. The van der Waals surface area contributed by atoms with Crippen molar-refractivity contribution < 1.29 is 9.50 Å². The maximum atomic E-state index is 13.5. The summed E-state index contributed by atoms with van der Waals surface area (Å²) in [5.74, 6) is 0.488. The van der Waals surface area contributed by atoms with Crippen molar-refractivity contribution in [1.82, 2.24) is 0 Å². The second-order valence-corrected chi connectivity index (χ2v) is 6.12. The number of benzene rings is 1. The molecule has 1 fully saturated rings. The second kappa shape index (κ2) is 5.91. The highest BCUT2D eigenvalue weighted by atomic mass is 19.1. The van der Waals surface area contributed by atoms with Crippen LogP contribution >= 0.6 is 0 Å². The fraction of sp³-hybridized carbons (Fsp3) is 0.625. The van der Waals surface area contributed by atoms with Crippen LogP contribution in [0.4, 0.5) is 10.1 Å². The Morgan fingerprint density at radius 3 is 2.79 bits per heavy atom. The Morgan fingerprint density at radius 2 is 2.11 bits per heavy atom.